The lowest BCUT2D eigenvalue weighted by Gasteiger charge is -2.09. The number of para-hydroxylation sites is 1. The van der Waals surface area contributed by atoms with Crippen molar-refractivity contribution in [3.8, 4) is 5.75 Å². The molecule has 0 atom stereocenters. The Morgan fingerprint density at radius 3 is 2.73 bits per heavy atom. The van der Waals surface area contributed by atoms with E-state index in [0.717, 1.165) is 18.4 Å². The van der Waals surface area contributed by atoms with Gasteiger partial charge in [0.15, 0.2) is 0 Å². The Labute approximate surface area is 89.1 Å². The summed E-state index contributed by atoms with van der Waals surface area (Å²) in [4.78, 5) is 0. The van der Waals surface area contributed by atoms with Crippen molar-refractivity contribution in [3.63, 3.8) is 0 Å². The molecule has 1 radical (unpaired) electrons. The van der Waals surface area contributed by atoms with Gasteiger partial charge in [0, 0.05) is 0 Å². The molecule has 1 aromatic carbocycles. The summed E-state index contributed by atoms with van der Waals surface area (Å²) in [5, 5.41) is 0. The first kappa shape index (κ1) is 12.0. The fraction of sp³-hybridized carbons (Fsp3) is 0.417. The van der Waals surface area contributed by atoms with Gasteiger partial charge in [-0.05, 0) is 24.5 Å². The van der Waals surface area contributed by atoms with Crippen LogP contribution >= 0.6 is 0 Å². The highest BCUT2D eigenvalue weighted by Crippen LogP contribution is 2.21. The Bertz CT molecular complexity index is 287. The Morgan fingerprint density at radius 2 is 2.07 bits per heavy atom. The number of alkyl halides is 2. The number of ether oxygens (including phenoxy) is 1. The van der Waals surface area contributed by atoms with Gasteiger partial charge in [-0.3, -0.25) is 0 Å². The summed E-state index contributed by atoms with van der Waals surface area (Å²) >= 11 is 0. The summed E-state index contributed by atoms with van der Waals surface area (Å²) in [6, 6.07) is 6.90. The van der Waals surface area contributed by atoms with Gasteiger partial charge in [-0.25, -0.2) is 0 Å². The van der Waals surface area contributed by atoms with Gasteiger partial charge in [0.05, 0.1) is 0 Å². The van der Waals surface area contributed by atoms with Crippen LogP contribution in [0.2, 0.25) is 0 Å². The van der Waals surface area contributed by atoms with Crippen molar-refractivity contribution in [1.82, 2.24) is 0 Å². The van der Waals surface area contributed by atoms with E-state index >= 15 is 0 Å². The molecule has 15 heavy (non-hydrogen) atoms. The fourth-order valence-electron chi connectivity index (χ4n) is 1.35. The number of hydrogen-bond acceptors (Lipinski definition) is 1. The first-order valence-electron chi connectivity index (χ1n) is 5.08. The minimum absolute atomic E-state index is 0.278. The second kappa shape index (κ2) is 6.38. The van der Waals surface area contributed by atoms with Crippen LogP contribution in [0.5, 0.6) is 5.75 Å². The maximum Gasteiger partial charge on any atom is 0.387 e. The summed E-state index contributed by atoms with van der Waals surface area (Å²) in [6.45, 7) is -0.671. The van der Waals surface area contributed by atoms with Crippen LogP contribution < -0.4 is 4.74 Å². The molecular formula is C12H15F2O. The minimum Gasteiger partial charge on any atom is -0.435 e. The highest BCUT2D eigenvalue weighted by molar-refractivity contribution is 5.34. The standard InChI is InChI=1S/C12H15F2O/c1-2-3-4-7-10-8-5-6-9-11(10)15-12(13)14/h4-6,8-9,12H,2-3,7H2,1H3. The van der Waals surface area contributed by atoms with Gasteiger partial charge < -0.3 is 4.74 Å². The zero-order valence-corrected chi connectivity index (χ0v) is 8.75. The number of unbranched alkanes of at least 4 members (excludes halogenated alkanes) is 2. The van der Waals surface area contributed by atoms with E-state index in [4.69, 9.17) is 0 Å². The number of benzene rings is 1. The van der Waals surface area contributed by atoms with E-state index in [1.165, 1.54) is 0 Å². The molecule has 0 aliphatic carbocycles. The van der Waals surface area contributed by atoms with Crippen molar-refractivity contribution in [2.75, 3.05) is 0 Å². The van der Waals surface area contributed by atoms with Crippen LogP contribution in [0.15, 0.2) is 24.3 Å². The third-order valence-electron chi connectivity index (χ3n) is 2.05. The molecule has 0 aliphatic heterocycles. The van der Waals surface area contributed by atoms with Gasteiger partial charge in [0.1, 0.15) is 5.75 Å². The van der Waals surface area contributed by atoms with Crippen molar-refractivity contribution in [3.05, 3.63) is 36.2 Å². The Morgan fingerprint density at radius 1 is 1.33 bits per heavy atom. The van der Waals surface area contributed by atoms with E-state index in [9.17, 15) is 8.78 Å². The first-order valence-corrected chi connectivity index (χ1v) is 5.08. The molecule has 83 valence electrons. The van der Waals surface area contributed by atoms with Crippen molar-refractivity contribution in [1.29, 1.82) is 0 Å². The highest BCUT2D eigenvalue weighted by Gasteiger charge is 2.08. The maximum atomic E-state index is 12.1. The van der Waals surface area contributed by atoms with Crippen LogP contribution in [0.1, 0.15) is 25.3 Å². The largest absolute Gasteiger partial charge is 0.435 e. The van der Waals surface area contributed by atoms with Crippen LogP contribution in [0.4, 0.5) is 8.78 Å². The van der Waals surface area contributed by atoms with E-state index in [0.29, 0.717) is 6.42 Å². The van der Waals surface area contributed by atoms with Crippen molar-refractivity contribution in [2.24, 2.45) is 0 Å². The summed E-state index contributed by atoms with van der Waals surface area (Å²) in [5.41, 5.74) is 0.811. The van der Waals surface area contributed by atoms with Gasteiger partial charge in [-0.2, -0.15) is 8.78 Å². The average molecular weight is 213 g/mol. The zero-order chi connectivity index (χ0) is 11.1. The van der Waals surface area contributed by atoms with Crippen LogP contribution in [0.25, 0.3) is 0 Å². The third kappa shape index (κ3) is 4.28. The highest BCUT2D eigenvalue weighted by atomic mass is 19.3. The molecule has 1 aromatic rings. The summed E-state index contributed by atoms with van der Waals surface area (Å²) in [6.07, 6.45) is 4.81. The van der Waals surface area contributed by atoms with Gasteiger partial charge in [0.25, 0.3) is 0 Å². The minimum atomic E-state index is -2.75. The molecule has 1 rings (SSSR count). The predicted octanol–water partition coefficient (Wildman–Crippen LogP) is 3.83. The molecule has 0 amide bonds. The number of rotatable bonds is 6. The Hall–Kier alpha value is -1.12. The summed E-state index contributed by atoms with van der Waals surface area (Å²) in [7, 11) is 0. The van der Waals surface area contributed by atoms with Crippen LogP contribution in [-0.2, 0) is 6.42 Å². The third-order valence-corrected chi connectivity index (χ3v) is 2.05. The summed E-state index contributed by atoms with van der Waals surface area (Å²) < 4.78 is 28.5. The van der Waals surface area contributed by atoms with Gasteiger partial charge in [-0.1, -0.05) is 38.0 Å². The second-order valence-corrected chi connectivity index (χ2v) is 3.27. The van der Waals surface area contributed by atoms with E-state index in [-0.39, 0.29) is 5.75 Å². The molecule has 0 N–H and O–H groups in total. The van der Waals surface area contributed by atoms with Gasteiger partial charge in [-0.15, -0.1) is 0 Å². The zero-order valence-electron chi connectivity index (χ0n) is 8.75. The lowest BCUT2D eigenvalue weighted by atomic mass is 10.1. The molecule has 0 aromatic heterocycles. The normalized spacial score (nSPS) is 10.7. The van der Waals surface area contributed by atoms with Crippen LogP contribution in [-0.4, -0.2) is 6.61 Å². The number of hydrogen-bond donors (Lipinski definition) is 0. The van der Waals surface area contributed by atoms with Gasteiger partial charge in [0.2, 0.25) is 0 Å². The van der Waals surface area contributed by atoms with E-state index in [1.54, 1.807) is 12.1 Å². The van der Waals surface area contributed by atoms with Crippen LogP contribution in [0.3, 0.4) is 0 Å². The Balaban J connectivity index is 2.60. The molecule has 0 fully saturated rings. The molecule has 0 spiro atoms. The smallest absolute Gasteiger partial charge is 0.387 e. The van der Waals surface area contributed by atoms with Crippen molar-refractivity contribution >= 4 is 0 Å². The van der Waals surface area contributed by atoms with Crippen molar-refractivity contribution in [2.45, 2.75) is 32.8 Å². The van der Waals surface area contributed by atoms with E-state index in [2.05, 4.69) is 18.1 Å². The molecular weight excluding hydrogens is 198 g/mol. The molecule has 0 unspecified atom stereocenters. The quantitative estimate of drug-likeness (QED) is 0.652. The average Bonchev–Trinajstić information content (AvgIpc) is 2.20. The maximum absolute atomic E-state index is 12.1. The molecule has 0 aliphatic rings. The molecule has 0 saturated carbocycles. The van der Waals surface area contributed by atoms with E-state index in [1.807, 2.05) is 12.1 Å². The molecule has 0 bridgehead atoms. The first-order chi connectivity index (χ1) is 7.24. The predicted molar refractivity (Wildman–Crippen MR) is 56.0 cm³/mol. The lowest BCUT2D eigenvalue weighted by molar-refractivity contribution is -0.0504. The van der Waals surface area contributed by atoms with Crippen molar-refractivity contribution < 1.29 is 13.5 Å². The molecule has 0 saturated heterocycles. The fourth-order valence-corrected chi connectivity index (χ4v) is 1.35. The molecule has 3 heteroatoms. The lowest BCUT2D eigenvalue weighted by Crippen LogP contribution is -2.04. The second-order valence-electron chi connectivity index (χ2n) is 3.27. The molecule has 1 nitrogen and oxygen atoms in total. The van der Waals surface area contributed by atoms with Gasteiger partial charge >= 0.3 is 6.61 Å². The number of halogens is 2. The topological polar surface area (TPSA) is 9.23 Å². The SMILES string of the molecule is CCC[CH]Cc1ccccc1OC(F)F. The summed E-state index contributed by atoms with van der Waals surface area (Å²) in [5.74, 6) is 0.278. The Kier molecular flexibility index (Phi) is 5.08. The monoisotopic (exact) mass is 213 g/mol. The van der Waals surface area contributed by atoms with Crippen LogP contribution in [0, 0.1) is 6.42 Å². The molecule has 0 heterocycles. The van der Waals surface area contributed by atoms with E-state index < -0.39 is 6.61 Å².